The summed E-state index contributed by atoms with van der Waals surface area (Å²) in [5.41, 5.74) is 0.760. The Morgan fingerprint density at radius 2 is 2.09 bits per heavy atom. The van der Waals surface area contributed by atoms with Crippen LogP contribution >= 0.6 is 0 Å². The fourth-order valence-electron chi connectivity index (χ4n) is 3.32. The molecule has 2 fully saturated rings. The van der Waals surface area contributed by atoms with Crippen LogP contribution in [0.5, 0.6) is 0 Å². The molecule has 0 nitrogen and oxygen atoms in total. The van der Waals surface area contributed by atoms with Gasteiger partial charge in [0.25, 0.3) is 0 Å². The molecule has 2 aliphatic carbocycles. The molecule has 0 saturated heterocycles. The van der Waals surface area contributed by atoms with Crippen molar-refractivity contribution in [3.63, 3.8) is 0 Å². The molecule has 0 N–H and O–H groups in total. The van der Waals surface area contributed by atoms with E-state index in [9.17, 15) is 0 Å². The number of hydrogen-bond acceptors (Lipinski definition) is 0. The van der Waals surface area contributed by atoms with Gasteiger partial charge in [-0.15, -0.1) is 0 Å². The zero-order valence-corrected chi connectivity index (χ0v) is 8.06. The quantitative estimate of drug-likeness (QED) is 0.568. The van der Waals surface area contributed by atoms with Gasteiger partial charge in [0.2, 0.25) is 0 Å². The fourth-order valence-corrected chi connectivity index (χ4v) is 3.32. The van der Waals surface area contributed by atoms with E-state index in [1.54, 1.807) is 6.42 Å². The van der Waals surface area contributed by atoms with Crippen LogP contribution in [-0.2, 0) is 0 Å². The van der Waals surface area contributed by atoms with Crippen LogP contribution in [0.4, 0.5) is 0 Å². The van der Waals surface area contributed by atoms with Gasteiger partial charge in [-0.3, -0.25) is 0 Å². The van der Waals surface area contributed by atoms with Crippen LogP contribution in [0.3, 0.4) is 0 Å². The van der Waals surface area contributed by atoms with Crippen molar-refractivity contribution in [2.24, 2.45) is 23.2 Å². The zero-order chi connectivity index (χ0) is 8.06. The highest BCUT2D eigenvalue weighted by Crippen LogP contribution is 2.66. The molecule has 0 spiro atoms. The van der Waals surface area contributed by atoms with Crippen LogP contribution in [-0.4, -0.2) is 0 Å². The predicted molar refractivity (Wildman–Crippen MR) is 48.4 cm³/mol. The third-order valence-electron chi connectivity index (χ3n) is 4.61. The minimum Gasteiger partial charge on any atom is -0.0651 e. The van der Waals surface area contributed by atoms with Crippen LogP contribution in [0.15, 0.2) is 0 Å². The number of hydrogen-bond donors (Lipinski definition) is 0. The highest BCUT2D eigenvalue weighted by molar-refractivity contribution is 5.07. The van der Waals surface area contributed by atoms with E-state index >= 15 is 0 Å². The number of fused-ring (bicyclic) bond motifs is 1. The Morgan fingerprint density at radius 3 is 2.45 bits per heavy atom. The molecule has 0 radical (unpaired) electrons. The minimum absolute atomic E-state index is 0.760. The van der Waals surface area contributed by atoms with Gasteiger partial charge in [0.1, 0.15) is 0 Å². The second kappa shape index (κ2) is 2.24. The molecule has 0 aromatic rings. The Bertz CT molecular complexity index is 161. The molecule has 0 heterocycles. The maximum Gasteiger partial charge on any atom is -0.0294 e. The minimum atomic E-state index is 0.760. The summed E-state index contributed by atoms with van der Waals surface area (Å²) in [7, 11) is 0. The van der Waals surface area contributed by atoms with Gasteiger partial charge in [-0.2, -0.15) is 0 Å². The lowest BCUT2D eigenvalue weighted by Gasteiger charge is -2.65. The molecule has 4 atom stereocenters. The maximum absolute atomic E-state index is 2.49. The first-order valence-electron chi connectivity index (χ1n) is 5.21. The summed E-state index contributed by atoms with van der Waals surface area (Å²) in [6, 6.07) is 0. The third-order valence-corrected chi connectivity index (χ3v) is 4.61. The molecule has 0 aliphatic heterocycles. The van der Waals surface area contributed by atoms with Gasteiger partial charge >= 0.3 is 0 Å². The van der Waals surface area contributed by atoms with Crippen molar-refractivity contribution < 1.29 is 0 Å². The van der Waals surface area contributed by atoms with Gasteiger partial charge in [0.05, 0.1) is 0 Å². The SMILES string of the molecule is CCC1CC2C1CC2(C)CC. The summed E-state index contributed by atoms with van der Waals surface area (Å²) < 4.78 is 0. The molecule has 4 unspecified atom stereocenters. The van der Waals surface area contributed by atoms with Gasteiger partial charge < -0.3 is 0 Å². The molecule has 64 valence electrons. The van der Waals surface area contributed by atoms with Gasteiger partial charge in [-0.1, -0.05) is 33.6 Å². The lowest BCUT2D eigenvalue weighted by molar-refractivity contribution is -0.154. The molecule has 2 saturated carbocycles. The summed E-state index contributed by atoms with van der Waals surface area (Å²) in [6.07, 6.45) is 5.92. The van der Waals surface area contributed by atoms with E-state index in [1.807, 2.05) is 0 Å². The van der Waals surface area contributed by atoms with Gasteiger partial charge in [-0.05, 0) is 36.0 Å². The largest absolute Gasteiger partial charge is 0.0651 e. The Balaban J connectivity index is 1.92. The van der Waals surface area contributed by atoms with Crippen LogP contribution in [0, 0.1) is 23.2 Å². The summed E-state index contributed by atoms with van der Waals surface area (Å²) in [5.74, 6) is 3.38. The summed E-state index contributed by atoms with van der Waals surface area (Å²) in [4.78, 5) is 0. The maximum atomic E-state index is 2.49. The first-order chi connectivity index (χ1) is 5.21. The standard InChI is InChI=1S/C11H20/c1-4-8-6-10-9(8)7-11(10,3)5-2/h8-10H,4-7H2,1-3H3. The fraction of sp³-hybridized carbons (Fsp3) is 1.00. The smallest absolute Gasteiger partial charge is 0.0294 e. The zero-order valence-electron chi connectivity index (χ0n) is 8.06. The summed E-state index contributed by atoms with van der Waals surface area (Å²) >= 11 is 0. The molecule has 0 bridgehead atoms. The summed E-state index contributed by atoms with van der Waals surface area (Å²) in [6.45, 7) is 7.19. The average Bonchev–Trinajstić information content (AvgIpc) is 2.00. The molecular formula is C11H20. The normalized spacial score (nSPS) is 54.3. The van der Waals surface area contributed by atoms with E-state index in [4.69, 9.17) is 0 Å². The van der Waals surface area contributed by atoms with E-state index in [0.717, 1.165) is 23.2 Å². The Morgan fingerprint density at radius 1 is 1.36 bits per heavy atom. The molecule has 2 rings (SSSR count). The van der Waals surface area contributed by atoms with E-state index in [0.29, 0.717) is 0 Å². The first kappa shape index (κ1) is 7.64. The Kier molecular flexibility index (Phi) is 1.56. The first-order valence-corrected chi connectivity index (χ1v) is 5.21. The lowest BCUT2D eigenvalue weighted by Crippen LogP contribution is -2.57. The van der Waals surface area contributed by atoms with Crippen molar-refractivity contribution in [3.8, 4) is 0 Å². The molecule has 11 heavy (non-hydrogen) atoms. The second-order valence-corrected chi connectivity index (χ2v) is 4.89. The molecule has 2 aliphatic rings. The molecule has 0 heteroatoms. The van der Waals surface area contributed by atoms with Gasteiger partial charge in [0, 0.05) is 0 Å². The molecule has 0 amide bonds. The lowest BCUT2D eigenvalue weighted by atomic mass is 9.40. The molecule has 0 aromatic carbocycles. The van der Waals surface area contributed by atoms with Crippen molar-refractivity contribution >= 4 is 0 Å². The number of rotatable bonds is 2. The van der Waals surface area contributed by atoms with Crippen molar-refractivity contribution in [3.05, 3.63) is 0 Å². The van der Waals surface area contributed by atoms with E-state index in [1.165, 1.54) is 19.3 Å². The molecule has 0 aromatic heterocycles. The van der Waals surface area contributed by atoms with Crippen LogP contribution in [0.25, 0.3) is 0 Å². The Hall–Kier alpha value is 0. The van der Waals surface area contributed by atoms with Gasteiger partial charge in [-0.25, -0.2) is 0 Å². The average molecular weight is 152 g/mol. The highest BCUT2D eigenvalue weighted by atomic mass is 14.6. The van der Waals surface area contributed by atoms with Crippen LogP contribution in [0.1, 0.15) is 46.5 Å². The van der Waals surface area contributed by atoms with E-state index < -0.39 is 0 Å². The third kappa shape index (κ3) is 0.816. The summed E-state index contributed by atoms with van der Waals surface area (Å²) in [5, 5.41) is 0. The van der Waals surface area contributed by atoms with Gasteiger partial charge in [0.15, 0.2) is 0 Å². The Labute approximate surface area is 70.4 Å². The topological polar surface area (TPSA) is 0 Å². The van der Waals surface area contributed by atoms with Crippen LogP contribution in [0.2, 0.25) is 0 Å². The highest BCUT2D eigenvalue weighted by Gasteiger charge is 2.58. The second-order valence-electron chi connectivity index (χ2n) is 4.89. The predicted octanol–water partition coefficient (Wildman–Crippen LogP) is 3.47. The monoisotopic (exact) mass is 152 g/mol. The van der Waals surface area contributed by atoms with Crippen LogP contribution < -0.4 is 0 Å². The molecular weight excluding hydrogens is 132 g/mol. The van der Waals surface area contributed by atoms with Crippen molar-refractivity contribution in [1.82, 2.24) is 0 Å². The van der Waals surface area contributed by atoms with E-state index in [-0.39, 0.29) is 0 Å². The van der Waals surface area contributed by atoms with Crippen molar-refractivity contribution in [2.45, 2.75) is 46.5 Å². The van der Waals surface area contributed by atoms with Crippen molar-refractivity contribution in [1.29, 1.82) is 0 Å². The van der Waals surface area contributed by atoms with Crippen molar-refractivity contribution in [2.75, 3.05) is 0 Å². The van der Waals surface area contributed by atoms with E-state index in [2.05, 4.69) is 20.8 Å².